The summed E-state index contributed by atoms with van der Waals surface area (Å²) in [4.78, 5) is 35.9. The monoisotopic (exact) mass is 502 g/mol. The average Bonchev–Trinajstić information content (AvgIpc) is 3.33. The van der Waals surface area contributed by atoms with Crippen LogP contribution in [0.15, 0.2) is 48.8 Å². The van der Waals surface area contributed by atoms with Crippen molar-refractivity contribution in [2.45, 2.75) is 38.7 Å². The maximum Gasteiger partial charge on any atom is 0.251 e. The second-order valence-corrected chi connectivity index (χ2v) is 9.32. The third kappa shape index (κ3) is 4.55. The van der Waals surface area contributed by atoms with E-state index in [4.69, 9.17) is 10.7 Å². The maximum absolute atomic E-state index is 13.3. The molecule has 190 valence electrons. The predicted molar refractivity (Wildman–Crippen MR) is 136 cm³/mol. The summed E-state index contributed by atoms with van der Waals surface area (Å²) in [6, 6.07) is 9.85. The Kier molecular flexibility index (Phi) is 6.43. The van der Waals surface area contributed by atoms with E-state index in [0.717, 1.165) is 11.1 Å². The van der Waals surface area contributed by atoms with Gasteiger partial charge in [0.2, 0.25) is 0 Å². The van der Waals surface area contributed by atoms with Gasteiger partial charge in [0, 0.05) is 41.9 Å². The zero-order valence-electron chi connectivity index (χ0n) is 20.6. The minimum absolute atomic E-state index is 0.0778. The van der Waals surface area contributed by atoms with Crippen LogP contribution in [-0.4, -0.2) is 60.5 Å². The molecular formula is C27H27FN6O3. The summed E-state index contributed by atoms with van der Waals surface area (Å²) in [5.74, 6) is -0.672. The van der Waals surface area contributed by atoms with Gasteiger partial charge in [0.25, 0.3) is 5.91 Å². The van der Waals surface area contributed by atoms with E-state index >= 15 is 0 Å². The molecule has 1 saturated heterocycles. The van der Waals surface area contributed by atoms with Crippen molar-refractivity contribution >= 4 is 23.2 Å². The van der Waals surface area contributed by atoms with E-state index in [1.165, 1.54) is 30.5 Å². The van der Waals surface area contributed by atoms with Gasteiger partial charge in [-0.3, -0.25) is 14.6 Å². The van der Waals surface area contributed by atoms with Crippen LogP contribution in [0, 0.1) is 5.82 Å². The zero-order valence-corrected chi connectivity index (χ0v) is 20.6. The summed E-state index contributed by atoms with van der Waals surface area (Å²) in [5, 5.41) is 14.0. The van der Waals surface area contributed by atoms with Crippen molar-refractivity contribution in [2.75, 3.05) is 18.8 Å². The summed E-state index contributed by atoms with van der Waals surface area (Å²) in [5.41, 5.74) is 10.9. The molecule has 4 heterocycles. The summed E-state index contributed by atoms with van der Waals surface area (Å²) >= 11 is 0. The molecule has 10 heteroatoms. The van der Waals surface area contributed by atoms with E-state index < -0.39 is 6.10 Å². The van der Waals surface area contributed by atoms with Crippen LogP contribution in [0.5, 0.6) is 0 Å². The van der Waals surface area contributed by atoms with Crippen LogP contribution in [0.3, 0.4) is 0 Å². The quantitative estimate of drug-likeness (QED) is 0.400. The minimum atomic E-state index is -1.05. The van der Waals surface area contributed by atoms with E-state index in [0.29, 0.717) is 54.1 Å². The first kappa shape index (κ1) is 24.5. The molecule has 3 N–H and O–H groups in total. The highest BCUT2D eigenvalue weighted by molar-refractivity contribution is 6.00. The molecule has 1 aromatic carbocycles. The standard InChI is InChI=1S/C27H27FN6O3/c1-15(35)23-24(18-9-11-33(12-10-18)27(37)16(2)36)32-26-21(14-31-34(26)25(23)29)19-5-8-22(30-13-19)17-3-6-20(28)7-4-17/h3-8,13-14,16,18,36H,9-12,29H2,1-2H3/t16-/m1/s1. The van der Waals surface area contributed by atoms with Gasteiger partial charge in [-0.2, -0.15) is 9.61 Å². The Balaban J connectivity index is 1.51. The molecule has 9 nitrogen and oxygen atoms in total. The second kappa shape index (κ2) is 9.70. The lowest BCUT2D eigenvalue weighted by Crippen LogP contribution is -2.42. The number of carbonyl (C=O) groups is 2. The van der Waals surface area contributed by atoms with Crippen molar-refractivity contribution in [1.82, 2.24) is 24.5 Å². The lowest BCUT2D eigenvalue weighted by atomic mass is 9.89. The van der Waals surface area contributed by atoms with Crippen molar-refractivity contribution in [1.29, 1.82) is 0 Å². The molecule has 1 fully saturated rings. The van der Waals surface area contributed by atoms with Crippen LogP contribution in [0.25, 0.3) is 28.0 Å². The number of hydrogen-bond donors (Lipinski definition) is 2. The highest BCUT2D eigenvalue weighted by atomic mass is 19.1. The number of pyridine rings is 1. The first-order valence-corrected chi connectivity index (χ1v) is 12.1. The van der Waals surface area contributed by atoms with Crippen LogP contribution in [0.2, 0.25) is 0 Å². The summed E-state index contributed by atoms with van der Waals surface area (Å²) in [6.07, 6.45) is 3.49. The number of hydrogen-bond acceptors (Lipinski definition) is 7. The summed E-state index contributed by atoms with van der Waals surface area (Å²) in [7, 11) is 0. The molecule has 5 rings (SSSR count). The van der Waals surface area contributed by atoms with Crippen molar-refractivity contribution in [2.24, 2.45) is 0 Å². The van der Waals surface area contributed by atoms with E-state index in [1.807, 2.05) is 12.1 Å². The number of amides is 1. The fraction of sp³-hybridized carbons (Fsp3) is 0.296. The number of nitrogen functional groups attached to an aromatic ring is 1. The van der Waals surface area contributed by atoms with Gasteiger partial charge in [0.1, 0.15) is 17.7 Å². The van der Waals surface area contributed by atoms with Crippen LogP contribution in [0.1, 0.15) is 48.7 Å². The van der Waals surface area contributed by atoms with Gasteiger partial charge >= 0.3 is 0 Å². The number of anilines is 1. The molecule has 0 unspecified atom stereocenters. The van der Waals surface area contributed by atoms with Crippen LogP contribution >= 0.6 is 0 Å². The van der Waals surface area contributed by atoms with Gasteiger partial charge in [-0.1, -0.05) is 6.07 Å². The molecule has 3 aromatic heterocycles. The SMILES string of the molecule is CC(=O)c1c(C2CCN(C(=O)[C@@H](C)O)CC2)nc2c(-c3ccc(-c4ccc(F)cc4)nc3)cnn2c1N. The number of aliphatic hydroxyl groups is 1. The van der Waals surface area contributed by atoms with Crippen molar-refractivity contribution < 1.29 is 19.1 Å². The number of nitrogens with zero attached hydrogens (tertiary/aromatic N) is 5. The third-order valence-corrected chi connectivity index (χ3v) is 6.83. The molecule has 1 amide bonds. The summed E-state index contributed by atoms with van der Waals surface area (Å²) in [6.45, 7) is 3.83. The van der Waals surface area contributed by atoms with Gasteiger partial charge in [-0.05, 0) is 57.0 Å². The molecule has 0 spiro atoms. The van der Waals surface area contributed by atoms with E-state index in [9.17, 15) is 19.1 Å². The number of likely N-dealkylation sites (tertiary alicyclic amines) is 1. The molecule has 0 bridgehead atoms. The molecule has 0 aliphatic carbocycles. The minimum Gasteiger partial charge on any atom is -0.384 e. The Morgan fingerprint density at radius 3 is 2.35 bits per heavy atom. The Morgan fingerprint density at radius 2 is 1.76 bits per heavy atom. The highest BCUT2D eigenvalue weighted by Gasteiger charge is 2.31. The number of nitrogens with two attached hydrogens (primary N) is 1. The number of aliphatic hydroxyl groups excluding tert-OH is 1. The fourth-order valence-electron chi connectivity index (χ4n) is 4.87. The van der Waals surface area contributed by atoms with Gasteiger partial charge in [0.15, 0.2) is 11.4 Å². The van der Waals surface area contributed by atoms with Gasteiger partial charge in [0.05, 0.1) is 23.1 Å². The number of rotatable bonds is 5. The molecule has 0 radical (unpaired) electrons. The first-order valence-electron chi connectivity index (χ1n) is 12.1. The van der Waals surface area contributed by atoms with Gasteiger partial charge < -0.3 is 15.7 Å². The lowest BCUT2D eigenvalue weighted by Gasteiger charge is -2.33. The molecule has 1 atom stereocenters. The number of Topliss-reactive ketones (excluding diaryl/α,β-unsaturated/α-hetero) is 1. The largest absolute Gasteiger partial charge is 0.384 e. The molecule has 0 saturated carbocycles. The fourth-order valence-corrected chi connectivity index (χ4v) is 4.87. The third-order valence-electron chi connectivity index (χ3n) is 6.83. The highest BCUT2D eigenvalue weighted by Crippen LogP contribution is 2.35. The number of carbonyl (C=O) groups excluding carboxylic acids is 2. The Morgan fingerprint density at radius 1 is 1.08 bits per heavy atom. The lowest BCUT2D eigenvalue weighted by molar-refractivity contribution is -0.140. The molecule has 1 aliphatic rings. The Hall–Kier alpha value is -4.18. The molecule has 1 aliphatic heterocycles. The molecule has 4 aromatic rings. The molecular weight excluding hydrogens is 475 g/mol. The van der Waals surface area contributed by atoms with Crippen LogP contribution in [-0.2, 0) is 4.79 Å². The predicted octanol–water partition coefficient (Wildman–Crippen LogP) is 3.47. The summed E-state index contributed by atoms with van der Waals surface area (Å²) < 4.78 is 14.7. The van der Waals surface area contributed by atoms with Crippen molar-refractivity contribution in [3.63, 3.8) is 0 Å². The van der Waals surface area contributed by atoms with Crippen molar-refractivity contribution in [3.05, 3.63) is 65.9 Å². The van der Waals surface area contributed by atoms with Crippen molar-refractivity contribution in [3.8, 4) is 22.4 Å². The average molecular weight is 503 g/mol. The Labute approximate surface area is 212 Å². The maximum atomic E-state index is 13.3. The van der Waals surface area contributed by atoms with Crippen LogP contribution < -0.4 is 5.73 Å². The van der Waals surface area contributed by atoms with Gasteiger partial charge in [-0.15, -0.1) is 0 Å². The number of piperidine rings is 1. The smallest absolute Gasteiger partial charge is 0.251 e. The first-order chi connectivity index (χ1) is 17.7. The van der Waals surface area contributed by atoms with Gasteiger partial charge in [-0.25, -0.2) is 9.37 Å². The van der Waals surface area contributed by atoms with E-state index in [-0.39, 0.29) is 29.2 Å². The number of ketones is 1. The topological polar surface area (TPSA) is 127 Å². The normalized spacial score (nSPS) is 15.2. The molecule has 37 heavy (non-hydrogen) atoms. The zero-order chi connectivity index (χ0) is 26.3. The number of aromatic nitrogens is 4. The van der Waals surface area contributed by atoms with E-state index in [2.05, 4.69) is 10.1 Å². The second-order valence-electron chi connectivity index (χ2n) is 9.32. The number of halogens is 1. The number of fused-ring (bicyclic) bond motifs is 1. The van der Waals surface area contributed by atoms with Crippen LogP contribution in [0.4, 0.5) is 10.2 Å². The Bertz CT molecular complexity index is 1470. The number of benzene rings is 1. The van der Waals surface area contributed by atoms with E-state index in [1.54, 1.807) is 29.4 Å².